The topological polar surface area (TPSA) is 109 Å². The molecule has 2 aromatic carbocycles. The summed E-state index contributed by atoms with van der Waals surface area (Å²) in [6.07, 6.45) is 1.44. The van der Waals surface area contributed by atoms with Gasteiger partial charge in [0.1, 0.15) is 24.9 Å². The van der Waals surface area contributed by atoms with Gasteiger partial charge in [-0.25, -0.2) is 4.79 Å². The normalized spacial score (nSPS) is 12.8. The molecule has 0 atom stereocenters. The summed E-state index contributed by atoms with van der Waals surface area (Å²) in [6, 6.07) is 12.7. The van der Waals surface area contributed by atoms with Crippen LogP contribution < -0.4 is 14.8 Å². The monoisotopic (exact) mass is 350 g/mol. The number of hydrogen-bond acceptors (Lipinski definition) is 5. The number of ether oxygens (including phenoxy) is 2. The van der Waals surface area contributed by atoms with Crippen LogP contribution in [0.15, 0.2) is 48.0 Å². The van der Waals surface area contributed by atoms with E-state index in [4.69, 9.17) is 14.6 Å². The highest BCUT2D eigenvalue weighted by Gasteiger charge is 2.14. The van der Waals surface area contributed by atoms with E-state index in [9.17, 15) is 14.9 Å². The molecule has 1 heterocycles. The zero-order valence-electron chi connectivity index (χ0n) is 13.6. The number of aromatic carboxylic acids is 1. The van der Waals surface area contributed by atoms with Crippen molar-refractivity contribution in [2.75, 3.05) is 18.5 Å². The minimum absolute atomic E-state index is 0.0935. The van der Waals surface area contributed by atoms with E-state index >= 15 is 0 Å². The Bertz CT molecular complexity index is 926. The first-order valence-electron chi connectivity index (χ1n) is 7.73. The van der Waals surface area contributed by atoms with Crippen LogP contribution in [0.2, 0.25) is 0 Å². The summed E-state index contributed by atoms with van der Waals surface area (Å²) >= 11 is 0. The molecule has 0 spiro atoms. The van der Waals surface area contributed by atoms with Crippen LogP contribution in [-0.4, -0.2) is 30.2 Å². The maximum atomic E-state index is 12.3. The predicted molar refractivity (Wildman–Crippen MR) is 93.1 cm³/mol. The summed E-state index contributed by atoms with van der Waals surface area (Å²) in [5.74, 6) is -0.466. The summed E-state index contributed by atoms with van der Waals surface area (Å²) in [6.45, 7) is 0.923. The molecule has 0 unspecified atom stereocenters. The molecule has 7 heteroatoms. The molecular weight excluding hydrogens is 336 g/mol. The zero-order chi connectivity index (χ0) is 18.5. The van der Waals surface area contributed by atoms with Crippen molar-refractivity contribution in [3.8, 4) is 17.6 Å². The third-order valence-corrected chi connectivity index (χ3v) is 3.63. The second-order valence-corrected chi connectivity index (χ2v) is 5.41. The Morgan fingerprint density at radius 1 is 1.08 bits per heavy atom. The van der Waals surface area contributed by atoms with Crippen molar-refractivity contribution in [2.24, 2.45) is 0 Å². The summed E-state index contributed by atoms with van der Waals surface area (Å²) < 4.78 is 10.9. The molecular formula is C19H14N2O5. The molecule has 3 rings (SSSR count). The average molecular weight is 350 g/mol. The minimum atomic E-state index is -1.06. The van der Waals surface area contributed by atoms with Crippen LogP contribution >= 0.6 is 0 Å². The summed E-state index contributed by atoms with van der Waals surface area (Å²) in [5.41, 5.74) is 1.03. The van der Waals surface area contributed by atoms with Gasteiger partial charge >= 0.3 is 5.97 Å². The highest BCUT2D eigenvalue weighted by molar-refractivity contribution is 6.09. The van der Waals surface area contributed by atoms with E-state index in [2.05, 4.69) is 5.32 Å². The lowest BCUT2D eigenvalue weighted by atomic mass is 10.1. The second kappa shape index (κ2) is 7.40. The zero-order valence-corrected chi connectivity index (χ0v) is 13.6. The molecule has 1 aliphatic heterocycles. The third-order valence-electron chi connectivity index (χ3n) is 3.63. The molecule has 0 fully saturated rings. The lowest BCUT2D eigenvalue weighted by Crippen LogP contribution is -2.15. The Labute approximate surface area is 149 Å². The number of carbonyl (C=O) groups excluding carboxylic acids is 1. The smallest absolute Gasteiger partial charge is 0.335 e. The average Bonchev–Trinajstić information content (AvgIpc) is 2.66. The number of carboxylic acid groups (broad SMARTS) is 1. The Morgan fingerprint density at radius 2 is 1.77 bits per heavy atom. The van der Waals surface area contributed by atoms with Gasteiger partial charge in [0.2, 0.25) is 0 Å². The first-order chi connectivity index (χ1) is 12.6. The number of fused-ring (bicyclic) bond motifs is 1. The van der Waals surface area contributed by atoms with Gasteiger partial charge in [0.25, 0.3) is 5.91 Å². The van der Waals surface area contributed by atoms with Crippen molar-refractivity contribution in [3.05, 3.63) is 59.2 Å². The van der Waals surface area contributed by atoms with E-state index in [-0.39, 0.29) is 11.1 Å². The summed E-state index contributed by atoms with van der Waals surface area (Å²) in [5, 5.41) is 20.7. The van der Waals surface area contributed by atoms with Crippen LogP contribution in [0.4, 0.5) is 5.69 Å². The Morgan fingerprint density at radius 3 is 2.42 bits per heavy atom. The molecule has 2 aromatic rings. The van der Waals surface area contributed by atoms with Crippen LogP contribution in [0, 0.1) is 11.3 Å². The number of anilines is 1. The number of carbonyl (C=O) groups is 2. The highest BCUT2D eigenvalue weighted by atomic mass is 16.6. The maximum Gasteiger partial charge on any atom is 0.335 e. The number of nitrogens with zero attached hydrogens (tertiary/aromatic N) is 1. The SMILES string of the molecule is N#C/C(=C\c1ccc2c(c1)OCCO2)C(=O)Nc1ccc(C(=O)O)cc1. The van der Waals surface area contributed by atoms with Gasteiger partial charge in [-0.1, -0.05) is 6.07 Å². The van der Waals surface area contributed by atoms with Crippen LogP contribution in [0.25, 0.3) is 6.08 Å². The number of benzene rings is 2. The number of carboxylic acids is 1. The van der Waals surface area contributed by atoms with Gasteiger partial charge < -0.3 is 19.9 Å². The molecule has 2 N–H and O–H groups in total. The number of nitrogens with one attached hydrogen (secondary N) is 1. The van der Waals surface area contributed by atoms with Crippen molar-refractivity contribution < 1.29 is 24.2 Å². The Kier molecular flexibility index (Phi) is 4.85. The van der Waals surface area contributed by atoms with E-state index in [1.54, 1.807) is 18.2 Å². The predicted octanol–water partition coefficient (Wildman–Crippen LogP) is 2.70. The molecule has 0 saturated carbocycles. The molecule has 0 saturated heterocycles. The van der Waals surface area contributed by atoms with E-state index in [0.29, 0.717) is 36.0 Å². The second-order valence-electron chi connectivity index (χ2n) is 5.41. The van der Waals surface area contributed by atoms with Gasteiger partial charge in [-0.3, -0.25) is 4.79 Å². The number of hydrogen-bond donors (Lipinski definition) is 2. The van der Waals surface area contributed by atoms with Gasteiger partial charge in [-0.2, -0.15) is 5.26 Å². The Hall–Kier alpha value is -3.79. The van der Waals surface area contributed by atoms with Crippen LogP contribution in [0.3, 0.4) is 0 Å². The first-order valence-corrected chi connectivity index (χ1v) is 7.73. The lowest BCUT2D eigenvalue weighted by molar-refractivity contribution is -0.112. The molecule has 26 heavy (non-hydrogen) atoms. The fraction of sp³-hybridized carbons (Fsp3) is 0.105. The minimum Gasteiger partial charge on any atom is -0.486 e. The molecule has 0 aliphatic carbocycles. The van der Waals surface area contributed by atoms with Crippen LogP contribution in [0.1, 0.15) is 15.9 Å². The van der Waals surface area contributed by atoms with Crippen molar-refractivity contribution >= 4 is 23.6 Å². The third kappa shape index (κ3) is 3.82. The van der Waals surface area contributed by atoms with Gasteiger partial charge in [0.05, 0.1) is 5.56 Å². The molecule has 1 aliphatic rings. The van der Waals surface area contributed by atoms with E-state index in [0.717, 1.165) is 0 Å². The molecule has 130 valence electrons. The molecule has 0 aromatic heterocycles. The van der Waals surface area contributed by atoms with Crippen molar-refractivity contribution in [1.29, 1.82) is 5.26 Å². The fourth-order valence-electron chi connectivity index (χ4n) is 2.36. The van der Waals surface area contributed by atoms with E-state index in [1.165, 1.54) is 30.3 Å². The molecule has 7 nitrogen and oxygen atoms in total. The largest absolute Gasteiger partial charge is 0.486 e. The highest BCUT2D eigenvalue weighted by Crippen LogP contribution is 2.31. The van der Waals surface area contributed by atoms with Gasteiger partial charge in [-0.05, 0) is 48.0 Å². The lowest BCUT2D eigenvalue weighted by Gasteiger charge is -2.18. The molecule has 0 bridgehead atoms. The number of nitriles is 1. The summed E-state index contributed by atoms with van der Waals surface area (Å²) in [4.78, 5) is 23.1. The molecule has 0 radical (unpaired) electrons. The van der Waals surface area contributed by atoms with Crippen molar-refractivity contribution in [1.82, 2.24) is 0 Å². The quantitative estimate of drug-likeness (QED) is 0.648. The van der Waals surface area contributed by atoms with Gasteiger partial charge in [-0.15, -0.1) is 0 Å². The summed E-state index contributed by atoms with van der Waals surface area (Å²) in [7, 11) is 0. The van der Waals surface area contributed by atoms with Crippen LogP contribution in [0.5, 0.6) is 11.5 Å². The van der Waals surface area contributed by atoms with Crippen LogP contribution in [-0.2, 0) is 4.79 Å². The maximum absolute atomic E-state index is 12.3. The standard InChI is InChI=1S/C19H14N2O5/c20-11-14(9-12-1-6-16-17(10-12)26-8-7-25-16)18(22)21-15-4-2-13(3-5-15)19(23)24/h1-6,9-10H,7-8H2,(H,21,22)(H,23,24)/b14-9+. The Balaban J connectivity index is 1.77. The number of rotatable bonds is 4. The van der Waals surface area contributed by atoms with Gasteiger partial charge in [0, 0.05) is 5.69 Å². The number of amides is 1. The fourth-order valence-corrected chi connectivity index (χ4v) is 2.36. The van der Waals surface area contributed by atoms with E-state index < -0.39 is 11.9 Å². The van der Waals surface area contributed by atoms with Crippen molar-refractivity contribution in [3.63, 3.8) is 0 Å². The van der Waals surface area contributed by atoms with Gasteiger partial charge in [0.15, 0.2) is 11.5 Å². The first kappa shape index (κ1) is 17.0. The molecule has 1 amide bonds. The van der Waals surface area contributed by atoms with Crippen molar-refractivity contribution in [2.45, 2.75) is 0 Å². The van der Waals surface area contributed by atoms with E-state index in [1.807, 2.05) is 6.07 Å².